The number of unbranched alkanes of at least 4 members (excludes halogenated alkanes) is 2. The van der Waals surface area contributed by atoms with E-state index in [0.717, 1.165) is 51.1 Å². The number of rotatable bonds is 35. The fourth-order valence-electron chi connectivity index (χ4n) is 15.2. The van der Waals surface area contributed by atoms with Crippen LogP contribution < -0.4 is 44.1 Å². The third-order valence-electron chi connectivity index (χ3n) is 21.2. The minimum Gasteiger partial charge on any atom is -0.493 e. The highest BCUT2D eigenvalue weighted by molar-refractivity contribution is 6.07. The SMILES string of the molecule is C=CCOC(=O)N1C[C@@H]2Cc3ccccc3CN2C(=O)c2cc(OC)c(OCCCCCOc3cc4c(cc3OC)C(=O)N3CC5(CC5)C[C@H]3[C@H](O)N4C(=O)OCc3ccc(O[C@@H]4O[C@H](C(=O)O)[C@@H](O)[C@H](O)[C@H]4O)c(NC(=O)CCOCCOCCOCCOCCNC(=O)OCC4c5ccccc5-c5ccccc54)c3)cc21. The summed E-state index contributed by atoms with van der Waals surface area (Å²) in [6, 6.07) is 33.2. The molecule has 31 heteroatoms. The van der Waals surface area contributed by atoms with E-state index in [2.05, 4.69) is 41.5 Å². The first-order valence-corrected chi connectivity index (χ1v) is 37.9. The van der Waals surface area contributed by atoms with E-state index in [0.29, 0.717) is 62.4 Å². The summed E-state index contributed by atoms with van der Waals surface area (Å²) in [5.74, 6) is -2.27. The van der Waals surface area contributed by atoms with Crippen LogP contribution in [0.4, 0.5) is 31.4 Å². The van der Waals surface area contributed by atoms with E-state index in [4.69, 9.17) is 61.6 Å². The third kappa shape index (κ3) is 18.5. The van der Waals surface area contributed by atoms with Gasteiger partial charge < -0.3 is 108 Å². The Bertz CT molecular complexity index is 4400. The van der Waals surface area contributed by atoms with Crippen LogP contribution in [0.15, 0.2) is 128 Å². The number of nitrogens with zero attached hydrogens (tertiary/aromatic N) is 4. The lowest BCUT2D eigenvalue weighted by Gasteiger charge is -2.38. The molecular weight excluding hydrogens is 1470 g/mol. The van der Waals surface area contributed by atoms with Gasteiger partial charge in [0.15, 0.2) is 35.3 Å². The molecule has 13 rings (SSSR count). The topological polar surface area (TPSA) is 378 Å². The molecule has 602 valence electrons. The number of anilines is 3. The maximum Gasteiger partial charge on any atom is 0.416 e. The number of fused-ring (bicyclic) bond motifs is 8. The summed E-state index contributed by atoms with van der Waals surface area (Å²) < 4.78 is 75.0. The largest absolute Gasteiger partial charge is 0.493 e. The Morgan fingerprint density at radius 3 is 1.88 bits per heavy atom. The first kappa shape index (κ1) is 80.4. The molecule has 7 aliphatic rings. The summed E-state index contributed by atoms with van der Waals surface area (Å²) in [7, 11) is 2.88. The Morgan fingerprint density at radius 1 is 0.619 bits per heavy atom. The van der Waals surface area contributed by atoms with Gasteiger partial charge in [0.1, 0.15) is 43.9 Å². The van der Waals surface area contributed by atoms with E-state index < -0.39 is 85.6 Å². The lowest BCUT2D eigenvalue weighted by Crippen LogP contribution is -2.61. The molecule has 2 saturated heterocycles. The first-order chi connectivity index (χ1) is 54.9. The minimum absolute atomic E-state index is 0.0199. The summed E-state index contributed by atoms with van der Waals surface area (Å²) in [4.78, 5) is 102. The van der Waals surface area contributed by atoms with Crippen LogP contribution in [0.2, 0.25) is 0 Å². The van der Waals surface area contributed by atoms with E-state index in [1.54, 1.807) is 21.9 Å². The molecule has 0 aromatic heterocycles. The van der Waals surface area contributed by atoms with Crippen LogP contribution in [0.1, 0.15) is 99.4 Å². The van der Waals surface area contributed by atoms with Crippen LogP contribution in [0.5, 0.6) is 28.7 Å². The summed E-state index contributed by atoms with van der Waals surface area (Å²) in [5, 5.41) is 59.5. The number of aliphatic hydroxyl groups excluding tert-OH is 4. The molecule has 2 aliphatic carbocycles. The molecular formula is C82H94N6O25. The number of benzene rings is 6. The van der Waals surface area contributed by atoms with Crippen LogP contribution in [0, 0.1) is 5.41 Å². The smallest absolute Gasteiger partial charge is 0.416 e. The van der Waals surface area contributed by atoms with Crippen molar-refractivity contribution in [1.29, 1.82) is 0 Å². The van der Waals surface area contributed by atoms with Crippen molar-refractivity contribution in [3.8, 4) is 39.9 Å². The van der Waals surface area contributed by atoms with Crippen LogP contribution in [0.3, 0.4) is 0 Å². The summed E-state index contributed by atoms with van der Waals surface area (Å²) in [6.07, 6.45) is -8.28. The van der Waals surface area contributed by atoms with Crippen molar-refractivity contribution < 1.29 is 121 Å². The van der Waals surface area contributed by atoms with Crippen LogP contribution >= 0.6 is 0 Å². The molecule has 3 fully saturated rings. The van der Waals surface area contributed by atoms with E-state index in [1.807, 2.05) is 48.5 Å². The number of nitrogens with one attached hydrogen (secondary N) is 2. The molecule has 6 aromatic rings. The quantitative estimate of drug-likeness (QED) is 0.0114. The zero-order valence-electron chi connectivity index (χ0n) is 62.8. The molecule has 8 atom stereocenters. The van der Waals surface area contributed by atoms with Gasteiger partial charge in [-0.05, 0) is 114 Å². The Morgan fingerprint density at radius 2 is 1.23 bits per heavy atom. The van der Waals surface area contributed by atoms with Crippen molar-refractivity contribution in [1.82, 2.24) is 15.1 Å². The lowest BCUT2D eigenvalue weighted by molar-refractivity contribution is -0.271. The van der Waals surface area contributed by atoms with Gasteiger partial charge in [-0.2, -0.15) is 0 Å². The van der Waals surface area contributed by atoms with E-state index in [9.17, 15) is 59.1 Å². The molecule has 7 N–H and O–H groups in total. The number of methoxy groups -OCH3 is 2. The number of carbonyl (C=O) groups excluding carboxylic acids is 6. The number of aliphatic carboxylic acids is 1. The Balaban J connectivity index is 0.594. The van der Waals surface area contributed by atoms with E-state index in [-0.39, 0.29) is 167 Å². The molecule has 113 heavy (non-hydrogen) atoms. The highest BCUT2D eigenvalue weighted by Gasteiger charge is 2.58. The predicted molar refractivity (Wildman–Crippen MR) is 404 cm³/mol. The maximum atomic E-state index is 14.8. The normalized spacial score (nSPS) is 20.9. The summed E-state index contributed by atoms with van der Waals surface area (Å²) in [5.41, 5.74) is 7.20. The number of alkyl carbamates (subject to hydrolysis) is 1. The molecule has 6 amide bonds. The molecule has 1 saturated carbocycles. The number of aliphatic hydroxyl groups is 4. The van der Waals surface area contributed by atoms with Crippen molar-refractivity contribution in [2.45, 2.75) is 119 Å². The van der Waals surface area contributed by atoms with Crippen LogP contribution in [0.25, 0.3) is 11.1 Å². The standard InChI is InChI=1S/C82H94N6O25/c1-4-26-109-80(99)86-45-52-38-50-14-6-7-15-51(50)44-85(52)74(93)57-39-65(101-2)67(41-61(57)86)107-27-12-5-13-28-108-68-42-62-58(40-66(68)102-3)75(94)87-48-82(23-24-82)43-63(87)76(95)88(62)81(100)111-46-49-20-21-64(112-78-72(92)70(90)71(91)73(113-78)77(96)97)60(37-49)84-69(89)22-29-103-31-33-105-35-36-106-34-32-104-30-25-83-79(98)110-47-59-55-18-10-8-16-53(55)54-17-9-11-19-56(54)59/h4,6-11,14-21,37,39-42,52,59,63,70-73,76,78,90-92,95H,1,5,12-13,22-36,38,43-48H2,2-3H3,(H,83,98)(H,84,89)(H,96,97)/t52-,63-,70-,71-,72+,73-,76-,78+/m0/s1. The number of carboxylic acids is 1. The van der Waals surface area contributed by atoms with Crippen molar-refractivity contribution in [3.05, 3.63) is 167 Å². The monoisotopic (exact) mass is 1560 g/mol. The predicted octanol–water partition coefficient (Wildman–Crippen LogP) is 7.72. The first-order valence-electron chi connectivity index (χ1n) is 37.9. The number of carbonyl (C=O) groups is 7. The zero-order valence-corrected chi connectivity index (χ0v) is 62.8. The fraction of sp³-hybridized carbons (Fsp3) is 0.451. The maximum absolute atomic E-state index is 14.8. The zero-order chi connectivity index (χ0) is 79.3. The number of hydrogen-bond donors (Lipinski definition) is 7. The van der Waals surface area contributed by atoms with Crippen molar-refractivity contribution in [2.75, 3.05) is 128 Å². The number of hydrogen-bond acceptors (Lipinski definition) is 24. The second-order valence-corrected chi connectivity index (χ2v) is 28.6. The molecule has 31 nitrogen and oxygen atoms in total. The Kier molecular flexibility index (Phi) is 26.3. The summed E-state index contributed by atoms with van der Waals surface area (Å²) >= 11 is 0. The minimum atomic E-state index is -2.03. The third-order valence-corrected chi connectivity index (χ3v) is 21.2. The van der Waals surface area contributed by atoms with Gasteiger partial charge in [-0.1, -0.05) is 91.5 Å². The van der Waals surface area contributed by atoms with Gasteiger partial charge in [-0.25, -0.2) is 24.1 Å². The fourth-order valence-corrected chi connectivity index (χ4v) is 15.2. The number of carboxylic acid groups (broad SMARTS) is 1. The van der Waals surface area contributed by atoms with E-state index in [1.165, 1.54) is 55.5 Å². The lowest BCUT2D eigenvalue weighted by atomic mass is 9.93. The average molecular weight is 1560 g/mol. The van der Waals surface area contributed by atoms with Gasteiger partial charge in [0.05, 0.1) is 134 Å². The van der Waals surface area contributed by atoms with Gasteiger partial charge in [-0.3, -0.25) is 19.3 Å². The average Bonchev–Trinajstić information content (AvgIpc) is 1.57. The number of ether oxygens (including phenoxy) is 13. The number of amides is 6. The second-order valence-electron chi connectivity index (χ2n) is 28.6. The highest BCUT2D eigenvalue weighted by Crippen LogP contribution is 2.57. The molecule has 0 bridgehead atoms. The Labute approximate surface area is 651 Å². The van der Waals surface area contributed by atoms with Crippen molar-refractivity contribution in [2.24, 2.45) is 5.41 Å². The van der Waals surface area contributed by atoms with Crippen molar-refractivity contribution in [3.63, 3.8) is 0 Å². The molecule has 5 aliphatic heterocycles. The van der Waals surface area contributed by atoms with Gasteiger partial charge in [0.2, 0.25) is 12.2 Å². The van der Waals surface area contributed by atoms with Crippen LogP contribution in [-0.4, -0.2) is 239 Å². The molecule has 1 spiro atoms. The van der Waals surface area contributed by atoms with Gasteiger partial charge in [0, 0.05) is 37.7 Å². The molecule has 6 aromatic carbocycles. The van der Waals surface area contributed by atoms with E-state index >= 15 is 0 Å². The van der Waals surface area contributed by atoms with Gasteiger partial charge in [0.25, 0.3) is 11.8 Å². The molecule has 0 radical (unpaired) electrons. The molecule has 0 unspecified atom stereocenters. The molecule has 5 heterocycles. The van der Waals surface area contributed by atoms with Gasteiger partial charge >= 0.3 is 24.2 Å². The van der Waals surface area contributed by atoms with Crippen molar-refractivity contribution >= 4 is 59.0 Å². The summed E-state index contributed by atoms with van der Waals surface area (Å²) in [6.45, 7) is 6.35. The second kappa shape index (κ2) is 36.9. The Hall–Kier alpha value is -10.6. The van der Waals surface area contributed by atoms with Crippen LogP contribution in [-0.2, 0) is 67.1 Å². The highest BCUT2D eigenvalue weighted by atomic mass is 16.7. The van der Waals surface area contributed by atoms with Gasteiger partial charge in [-0.15, -0.1) is 0 Å².